The van der Waals surface area contributed by atoms with Crippen LogP contribution in [-0.4, -0.2) is 61.1 Å². The Morgan fingerprint density at radius 3 is 2.25 bits per heavy atom. The SMILES string of the molecule is COCC1(C(=O)O)CCN(C(=O)CNC(=O)CC23CC4CC(CC(C4)C2)C3)C1. The summed E-state index contributed by atoms with van der Waals surface area (Å²) in [6.07, 6.45) is 8.47. The maximum absolute atomic E-state index is 12.6. The van der Waals surface area contributed by atoms with Gasteiger partial charge >= 0.3 is 5.97 Å². The number of carboxylic acids is 1. The van der Waals surface area contributed by atoms with Gasteiger partial charge in [0.15, 0.2) is 0 Å². The van der Waals surface area contributed by atoms with Crippen LogP contribution in [0.15, 0.2) is 0 Å². The Hall–Kier alpha value is -1.63. The highest BCUT2D eigenvalue weighted by Crippen LogP contribution is 2.61. The zero-order valence-corrected chi connectivity index (χ0v) is 16.7. The van der Waals surface area contributed by atoms with Gasteiger partial charge in [-0.05, 0) is 68.1 Å². The highest BCUT2D eigenvalue weighted by Gasteiger charge is 2.51. The molecule has 5 fully saturated rings. The van der Waals surface area contributed by atoms with E-state index in [4.69, 9.17) is 4.74 Å². The molecule has 0 spiro atoms. The standard InChI is InChI=1S/C21H32N2O5/c1-28-13-21(19(26)27)2-3-23(12-21)18(25)11-22-17(24)10-20-7-14-4-15(8-20)6-16(5-14)9-20/h14-16H,2-13H2,1H3,(H,22,24)(H,26,27). The lowest BCUT2D eigenvalue weighted by molar-refractivity contribution is -0.151. The van der Waals surface area contributed by atoms with E-state index >= 15 is 0 Å². The number of methoxy groups -OCH3 is 1. The molecule has 7 nitrogen and oxygen atoms in total. The van der Waals surface area contributed by atoms with Crippen LogP contribution in [0.2, 0.25) is 0 Å². The van der Waals surface area contributed by atoms with E-state index in [-0.39, 0.29) is 36.9 Å². The summed E-state index contributed by atoms with van der Waals surface area (Å²) in [5, 5.41) is 12.3. The number of hydrogen-bond donors (Lipinski definition) is 2. The van der Waals surface area contributed by atoms with Gasteiger partial charge in [-0.25, -0.2) is 0 Å². The average molecular weight is 392 g/mol. The first-order valence-corrected chi connectivity index (χ1v) is 10.6. The molecule has 4 bridgehead atoms. The summed E-state index contributed by atoms with van der Waals surface area (Å²) in [4.78, 5) is 38.2. The van der Waals surface area contributed by atoms with E-state index in [9.17, 15) is 19.5 Å². The van der Waals surface area contributed by atoms with Gasteiger partial charge in [0.2, 0.25) is 11.8 Å². The number of nitrogens with zero attached hydrogens (tertiary/aromatic N) is 1. The Balaban J connectivity index is 1.27. The first-order chi connectivity index (χ1) is 13.3. The van der Waals surface area contributed by atoms with Crippen LogP contribution >= 0.6 is 0 Å². The minimum absolute atomic E-state index is 0.0316. The predicted octanol–water partition coefficient (Wildman–Crippen LogP) is 1.66. The van der Waals surface area contributed by atoms with Gasteiger partial charge in [0.25, 0.3) is 0 Å². The molecule has 1 aliphatic heterocycles. The number of hydrogen-bond acceptors (Lipinski definition) is 4. The fourth-order valence-electron chi connectivity index (χ4n) is 6.91. The van der Waals surface area contributed by atoms with Crippen molar-refractivity contribution in [2.24, 2.45) is 28.6 Å². The molecule has 5 rings (SSSR count). The van der Waals surface area contributed by atoms with Crippen molar-refractivity contribution in [3.63, 3.8) is 0 Å². The van der Waals surface area contributed by atoms with Crippen molar-refractivity contribution in [3.8, 4) is 0 Å². The van der Waals surface area contributed by atoms with Crippen molar-refractivity contribution in [1.29, 1.82) is 0 Å². The molecule has 0 aromatic carbocycles. The number of ether oxygens (including phenoxy) is 1. The smallest absolute Gasteiger partial charge is 0.313 e. The number of carboxylic acid groups (broad SMARTS) is 1. The number of amides is 2. The van der Waals surface area contributed by atoms with Crippen LogP contribution in [-0.2, 0) is 19.1 Å². The zero-order chi connectivity index (χ0) is 19.9. The van der Waals surface area contributed by atoms with E-state index in [1.54, 1.807) is 0 Å². The Bertz CT molecular complexity index is 628. The van der Waals surface area contributed by atoms with E-state index in [2.05, 4.69) is 5.32 Å². The number of rotatable bonds is 7. The summed E-state index contributed by atoms with van der Waals surface area (Å²) < 4.78 is 5.06. The quantitative estimate of drug-likeness (QED) is 0.687. The topological polar surface area (TPSA) is 95.9 Å². The lowest BCUT2D eigenvalue weighted by Gasteiger charge is -2.56. The highest BCUT2D eigenvalue weighted by atomic mass is 16.5. The normalized spacial score (nSPS) is 38.6. The molecular weight excluding hydrogens is 360 g/mol. The summed E-state index contributed by atoms with van der Waals surface area (Å²) in [6, 6.07) is 0. The van der Waals surface area contributed by atoms with Crippen LogP contribution in [0.5, 0.6) is 0 Å². The second kappa shape index (κ2) is 7.32. The summed E-state index contributed by atoms with van der Waals surface area (Å²) >= 11 is 0. The zero-order valence-electron chi connectivity index (χ0n) is 16.7. The summed E-state index contributed by atoms with van der Waals surface area (Å²) in [5.41, 5.74) is -0.875. The molecule has 2 amide bonds. The molecule has 1 unspecified atom stereocenters. The van der Waals surface area contributed by atoms with Crippen LogP contribution in [0.1, 0.15) is 51.4 Å². The number of aliphatic carboxylic acids is 1. The van der Waals surface area contributed by atoms with E-state index in [1.165, 1.54) is 50.5 Å². The lowest BCUT2D eigenvalue weighted by atomic mass is 9.49. The molecule has 0 aromatic heterocycles. The second-order valence-electron chi connectivity index (χ2n) is 9.95. The van der Waals surface area contributed by atoms with E-state index in [0.717, 1.165) is 17.8 Å². The molecule has 156 valence electrons. The molecule has 2 N–H and O–H groups in total. The van der Waals surface area contributed by atoms with Gasteiger partial charge in [-0.1, -0.05) is 0 Å². The van der Waals surface area contributed by atoms with Gasteiger partial charge < -0.3 is 20.1 Å². The van der Waals surface area contributed by atoms with Crippen molar-refractivity contribution in [1.82, 2.24) is 10.2 Å². The lowest BCUT2D eigenvalue weighted by Crippen LogP contribution is -2.49. The van der Waals surface area contributed by atoms with Crippen molar-refractivity contribution in [2.45, 2.75) is 51.4 Å². The minimum atomic E-state index is -1.03. The third-order valence-electron chi connectivity index (χ3n) is 7.72. The Labute approximate surface area is 166 Å². The number of carbonyl (C=O) groups is 3. The Morgan fingerprint density at radius 2 is 1.71 bits per heavy atom. The molecule has 1 saturated heterocycles. The van der Waals surface area contributed by atoms with E-state index in [1.807, 2.05) is 0 Å². The monoisotopic (exact) mass is 392 g/mol. The van der Waals surface area contributed by atoms with Gasteiger partial charge in [-0.2, -0.15) is 0 Å². The van der Waals surface area contributed by atoms with Crippen LogP contribution in [0.4, 0.5) is 0 Å². The second-order valence-corrected chi connectivity index (χ2v) is 9.95. The molecule has 1 heterocycles. The fraction of sp³-hybridized carbons (Fsp3) is 0.857. The van der Waals surface area contributed by atoms with Crippen molar-refractivity contribution < 1.29 is 24.2 Å². The number of carbonyl (C=O) groups excluding carboxylic acids is 2. The predicted molar refractivity (Wildman–Crippen MR) is 101 cm³/mol. The van der Waals surface area contributed by atoms with Crippen molar-refractivity contribution >= 4 is 17.8 Å². The molecule has 28 heavy (non-hydrogen) atoms. The molecular formula is C21H32N2O5. The minimum Gasteiger partial charge on any atom is -0.481 e. The maximum Gasteiger partial charge on any atom is 0.313 e. The third kappa shape index (κ3) is 3.65. The first kappa shape index (κ1) is 19.7. The van der Waals surface area contributed by atoms with E-state index < -0.39 is 11.4 Å². The van der Waals surface area contributed by atoms with Crippen LogP contribution in [0.25, 0.3) is 0 Å². The molecule has 4 aliphatic carbocycles. The first-order valence-electron chi connectivity index (χ1n) is 10.6. The summed E-state index contributed by atoms with van der Waals surface area (Å²) in [7, 11) is 1.47. The van der Waals surface area contributed by atoms with Crippen molar-refractivity contribution in [3.05, 3.63) is 0 Å². The third-order valence-corrected chi connectivity index (χ3v) is 7.72. The molecule has 5 aliphatic rings. The summed E-state index contributed by atoms with van der Waals surface area (Å²) in [6.45, 7) is 0.567. The summed E-state index contributed by atoms with van der Waals surface area (Å²) in [5.74, 6) is 1.23. The van der Waals surface area contributed by atoms with Gasteiger partial charge in [-0.15, -0.1) is 0 Å². The Kier molecular flexibility index (Phi) is 5.14. The van der Waals surface area contributed by atoms with Gasteiger partial charge in [0, 0.05) is 26.6 Å². The highest BCUT2D eigenvalue weighted by molar-refractivity contribution is 5.86. The van der Waals surface area contributed by atoms with E-state index in [0.29, 0.717) is 19.4 Å². The number of likely N-dealkylation sites (tertiary alicyclic amines) is 1. The molecule has 0 radical (unpaired) electrons. The van der Waals surface area contributed by atoms with Crippen LogP contribution in [0, 0.1) is 28.6 Å². The average Bonchev–Trinajstić information content (AvgIpc) is 3.04. The maximum atomic E-state index is 12.6. The van der Waals surface area contributed by atoms with Gasteiger partial charge in [0.05, 0.1) is 13.2 Å². The largest absolute Gasteiger partial charge is 0.481 e. The molecule has 1 atom stereocenters. The van der Waals surface area contributed by atoms with Crippen molar-refractivity contribution in [2.75, 3.05) is 33.4 Å². The van der Waals surface area contributed by atoms with Crippen LogP contribution in [0.3, 0.4) is 0 Å². The molecule has 0 aromatic rings. The molecule has 7 heteroatoms. The Morgan fingerprint density at radius 1 is 1.11 bits per heavy atom. The molecule has 4 saturated carbocycles. The number of nitrogens with one attached hydrogen (secondary N) is 1. The van der Waals surface area contributed by atoms with Crippen LogP contribution < -0.4 is 5.32 Å². The fourth-order valence-corrected chi connectivity index (χ4v) is 6.91. The van der Waals surface area contributed by atoms with Gasteiger partial charge in [-0.3, -0.25) is 14.4 Å². The van der Waals surface area contributed by atoms with Gasteiger partial charge in [0.1, 0.15) is 5.41 Å².